The maximum atomic E-state index is 14.1. The van der Waals surface area contributed by atoms with Crippen molar-refractivity contribution in [3.05, 3.63) is 77.3 Å². The molecule has 0 radical (unpaired) electrons. The lowest BCUT2D eigenvalue weighted by atomic mass is 10.1. The fraction of sp³-hybridized carbons (Fsp3) is 0.333. The number of carbonyl (C=O) groups excluding carboxylic acids is 3. The number of hydrogen-bond acceptors (Lipinski definition) is 7. The Morgan fingerprint density at radius 3 is 2.45 bits per heavy atom. The maximum Gasteiger partial charge on any atom is 0.328 e. The molecule has 1 saturated heterocycles. The van der Waals surface area contributed by atoms with Crippen LogP contribution in [0.15, 0.2) is 71.6 Å². The van der Waals surface area contributed by atoms with E-state index >= 15 is 0 Å². The molecule has 0 spiro atoms. The van der Waals surface area contributed by atoms with Crippen LogP contribution in [0.3, 0.4) is 0 Å². The molecular weight excluding hydrogens is 608 g/mol. The number of primary amides is 1. The number of halogens is 1. The van der Waals surface area contributed by atoms with Gasteiger partial charge in [-0.15, -0.1) is 0 Å². The Morgan fingerprint density at radius 2 is 1.77 bits per heavy atom. The molecule has 2 amide bonds. The van der Waals surface area contributed by atoms with E-state index in [1.54, 1.807) is 47.4 Å². The molecule has 1 fully saturated rings. The van der Waals surface area contributed by atoms with Crippen LogP contribution in [0.25, 0.3) is 10.8 Å². The molecule has 234 valence electrons. The number of ether oxygens (including phenoxy) is 1. The SMILES string of the molecule is CC(C(=O)O[C@H]1CCCN(C(=N)N)C1)N(Cc1ccccc1Cl)C(=O)[C@H](CC(N)=O)NS(=O)(=O)c1ccc2ccccc2c1. The van der Waals surface area contributed by atoms with Crippen molar-refractivity contribution < 1.29 is 27.5 Å². The molecule has 44 heavy (non-hydrogen) atoms. The highest BCUT2D eigenvalue weighted by molar-refractivity contribution is 7.89. The molecule has 1 heterocycles. The monoisotopic (exact) mass is 642 g/mol. The number of hydrogen-bond donors (Lipinski definition) is 4. The minimum absolute atomic E-state index is 0.115. The van der Waals surface area contributed by atoms with E-state index in [2.05, 4.69) is 4.72 Å². The fourth-order valence-electron chi connectivity index (χ4n) is 5.03. The van der Waals surface area contributed by atoms with Crippen molar-refractivity contribution in [2.24, 2.45) is 11.5 Å². The van der Waals surface area contributed by atoms with Gasteiger partial charge < -0.3 is 26.0 Å². The Hall–Kier alpha value is -4.20. The third-order valence-electron chi connectivity index (χ3n) is 7.42. The van der Waals surface area contributed by atoms with Gasteiger partial charge in [0.25, 0.3) is 0 Å². The molecule has 4 rings (SSSR count). The zero-order chi connectivity index (χ0) is 32.0. The molecule has 0 bridgehead atoms. The number of rotatable bonds is 11. The smallest absolute Gasteiger partial charge is 0.328 e. The molecule has 6 N–H and O–H groups in total. The molecule has 1 aliphatic heterocycles. The number of carbonyl (C=O) groups is 3. The lowest BCUT2D eigenvalue weighted by Gasteiger charge is -2.35. The van der Waals surface area contributed by atoms with Gasteiger partial charge in [-0.05, 0) is 54.3 Å². The molecule has 3 aromatic carbocycles. The van der Waals surface area contributed by atoms with Crippen molar-refractivity contribution in [1.82, 2.24) is 14.5 Å². The van der Waals surface area contributed by atoms with Gasteiger partial charge in [0.15, 0.2) is 5.96 Å². The van der Waals surface area contributed by atoms with Crippen molar-refractivity contribution in [1.29, 1.82) is 5.41 Å². The molecular formula is C30H35ClN6O6S. The van der Waals surface area contributed by atoms with Gasteiger partial charge in [-0.1, -0.05) is 60.1 Å². The number of likely N-dealkylation sites (tertiary alicyclic amines) is 1. The van der Waals surface area contributed by atoms with Gasteiger partial charge in [-0.3, -0.25) is 15.0 Å². The van der Waals surface area contributed by atoms with Crippen LogP contribution < -0.4 is 16.2 Å². The van der Waals surface area contributed by atoms with Crippen molar-refractivity contribution >= 4 is 56.1 Å². The van der Waals surface area contributed by atoms with E-state index in [-0.39, 0.29) is 23.9 Å². The highest BCUT2D eigenvalue weighted by Gasteiger charge is 2.37. The summed E-state index contributed by atoms with van der Waals surface area (Å²) in [7, 11) is -4.32. The maximum absolute atomic E-state index is 14.1. The Kier molecular flexibility index (Phi) is 10.4. The van der Waals surface area contributed by atoms with E-state index in [1.165, 1.54) is 19.1 Å². The number of amides is 2. The van der Waals surface area contributed by atoms with Crippen LogP contribution in [0, 0.1) is 5.41 Å². The first-order chi connectivity index (χ1) is 20.9. The number of sulfonamides is 1. The number of fused-ring (bicyclic) bond motifs is 1. The number of nitrogens with zero attached hydrogens (tertiary/aromatic N) is 2. The summed E-state index contributed by atoms with van der Waals surface area (Å²) < 4.78 is 35.0. The summed E-state index contributed by atoms with van der Waals surface area (Å²) in [5, 5.41) is 9.50. The number of nitrogens with two attached hydrogens (primary N) is 2. The number of piperidine rings is 1. The fourth-order valence-corrected chi connectivity index (χ4v) is 6.45. The van der Waals surface area contributed by atoms with Gasteiger partial charge in [0.1, 0.15) is 18.2 Å². The second-order valence-electron chi connectivity index (χ2n) is 10.6. The van der Waals surface area contributed by atoms with Crippen LogP contribution in [0.1, 0.15) is 31.7 Å². The Balaban J connectivity index is 1.63. The van der Waals surface area contributed by atoms with Crippen LogP contribution in [0.2, 0.25) is 5.02 Å². The second kappa shape index (κ2) is 14.1. The largest absolute Gasteiger partial charge is 0.459 e. The average Bonchev–Trinajstić information content (AvgIpc) is 2.99. The van der Waals surface area contributed by atoms with Gasteiger partial charge in [0.2, 0.25) is 21.8 Å². The van der Waals surface area contributed by atoms with Gasteiger partial charge in [-0.25, -0.2) is 13.2 Å². The molecule has 12 nitrogen and oxygen atoms in total. The van der Waals surface area contributed by atoms with E-state index in [0.29, 0.717) is 35.4 Å². The first kappa shape index (κ1) is 32.7. The second-order valence-corrected chi connectivity index (χ2v) is 12.7. The lowest BCUT2D eigenvalue weighted by Crippen LogP contribution is -2.54. The van der Waals surface area contributed by atoms with Crippen molar-refractivity contribution in [3.63, 3.8) is 0 Å². The first-order valence-electron chi connectivity index (χ1n) is 14.0. The summed E-state index contributed by atoms with van der Waals surface area (Å²) in [4.78, 5) is 42.1. The number of esters is 1. The molecule has 0 saturated carbocycles. The van der Waals surface area contributed by atoms with E-state index in [4.69, 9.17) is 33.2 Å². The minimum atomic E-state index is -4.32. The Labute approximate surface area is 260 Å². The van der Waals surface area contributed by atoms with Crippen molar-refractivity contribution in [2.45, 2.75) is 55.8 Å². The van der Waals surface area contributed by atoms with E-state index in [1.807, 2.05) is 12.1 Å². The number of benzene rings is 3. The molecule has 0 aromatic heterocycles. The summed E-state index contributed by atoms with van der Waals surface area (Å²) >= 11 is 6.38. The van der Waals surface area contributed by atoms with Crippen LogP contribution in [-0.2, 0) is 35.7 Å². The van der Waals surface area contributed by atoms with E-state index < -0.39 is 52.4 Å². The molecule has 3 aromatic rings. The van der Waals surface area contributed by atoms with Gasteiger partial charge in [0.05, 0.1) is 17.9 Å². The summed E-state index contributed by atoms with van der Waals surface area (Å²) in [5.41, 5.74) is 11.5. The zero-order valence-electron chi connectivity index (χ0n) is 24.1. The van der Waals surface area contributed by atoms with Crippen molar-refractivity contribution in [2.75, 3.05) is 13.1 Å². The first-order valence-corrected chi connectivity index (χ1v) is 15.8. The van der Waals surface area contributed by atoms with E-state index in [0.717, 1.165) is 10.3 Å². The quantitative estimate of drug-likeness (QED) is 0.139. The minimum Gasteiger partial charge on any atom is -0.459 e. The van der Waals surface area contributed by atoms with Crippen LogP contribution in [-0.4, -0.2) is 73.2 Å². The third kappa shape index (κ3) is 8.04. The number of nitrogens with one attached hydrogen (secondary N) is 2. The topological polar surface area (TPSA) is 189 Å². The molecule has 1 unspecified atom stereocenters. The predicted octanol–water partition coefficient (Wildman–Crippen LogP) is 2.33. The summed E-state index contributed by atoms with van der Waals surface area (Å²) in [6.07, 6.45) is -0.0578. The Morgan fingerprint density at radius 1 is 1.09 bits per heavy atom. The van der Waals surface area contributed by atoms with Gasteiger partial charge in [0, 0.05) is 18.1 Å². The third-order valence-corrected chi connectivity index (χ3v) is 9.26. The summed E-state index contributed by atoms with van der Waals surface area (Å²) in [5.74, 6) is -2.69. The summed E-state index contributed by atoms with van der Waals surface area (Å²) in [6.45, 7) is 2.04. The highest BCUT2D eigenvalue weighted by atomic mass is 35.5. The van der Waals surface area contributed by atoms with E-state index in [9.17, 15) is 22.8 Å². The predicted molar refractivity (Wildman–Crippen MR) is 166 cm³/mol. The zero-order valence-corrected chi connectivity index (χ0v) is 25.7. The average molecular weight is 643 g/mol. The summed E-state index contributed by atoms with van der Waals surface area (Å²) in [6, 6.07) is 15.5. The molecule has 1 aliphatic rings. The molecule has 0 aliphatic carbocycles. The van der Waals surface area contributed by atoms with Crippen molar-refractivity contribution in [3.8, 4) is 0 Å². The standard InChI is InChI=1S/C30H35ClN6O6S/c1-19(29(40)43-23-10-6-14-36(18-23)30(33)34)37(17-22-9-4-5-11-25(22)31)28(39)26(16-27(32)38)35-44(41,42)24-13-12-20-7-2-3-8-21(20)15-24/h2-5,7-9,11-13,15,19,23,26,35H,6,10,14,16-18H2,1H3,(H2,32,38)(H3,33,34)/t19?,23-,26-/m0/s1. The lowest BCUT2D eigenvalue weighted by molar-refractivity contribution is -0.161. The van der Waals surface area contributed by atoms with Crippen LogP contribution >= 0.6 is 11.6 Å². The normalized spacial score (nSPS) is 16.6. The molecule has 3 atom stereocenters. The van der Waals surface area contributed by atoms with Crippen LogP contribution in [0.5, 0.6) is 0 Å². The number of guanidine groups is 1. The van der Waals surface area contributed by atoms with Gasteiger partial charge in [-0.2, -0.15) is 4.72 Å². The van der Waals surface area contributed by atoms with Crippen LogP contribution in [0.4, 0.5) is 0 Å². The Bertz CT molecular complexity index is 1670. The molecule has 14 heteroatoms. The van der Waals surface area contributed by atoms with Gasteiger partial charge >= 0.3 is 5.97 Å². The highest BCUT2D eigenvalue weighted by Crippen LogP contribution is 2.23.